The maximum Gasteiger partial charge on any atom is 0.127 e. The average Bonchev–Trinajstić information content (AvgIpc) is 2.35. The van der Waals surface area contributed by atoms with Gasteiger partial charge in [0, 0.05) is 18.1 Å². The molecule has 0 aromatic heterocycles. The Balaban J connectivity index is 2.62. The second-order valence-corrected chi connectivity index (χ2v) is 4.43. The fourth-order valence-corrected chi connectivity index (χ4v) is 1.51. The predicted octanol–water partition coefficient (Wildman–Crippen LogP) is 3.85. The molecule has 0 saturated heterocycles. The molecular formula is C14H19ClFNO. The highest BCUT2D eigenvalue weighted by atomic mass is 35.5. The highest BCUT2D eigenvalue weighted by Crippen LogP contribution is 2.17. The first-order chi connectivity index (χ1) is 8.65. The van der Waals surface area contributed by atoms with Crippen molar-refractivity contribution in [1.82, 2.24) is 5.32 Å². The minimum atomic E-state index is -0.284. The highest BCUT2D eigenvalue weighted by Gasteiger charge is 2.02. The van der Waals surface area contributed by atoms with E-state index in [0.29, 0.717) is 18.9 Å². The fraction of sp³-hybridized carbons (Fsp3) is 0.429. The van der Waals surface area contributed by atoms with Gasteiger partial charge in [-0.05, 0) is 43.2 Å². The Bertz CT molecular complexity index is 407. The molecule has 0 bridgehead atoms. The van der Waals surface area contributed by atoms with Gasteiger partial charge in [0.15, 0.2) is 0 Å². The monoisotopic (exact) mass is 271 g/mol. The summed E-state index contributed by atoms with van der Waals surface area (Å²) in [7, 11) is 0. The van der Waals surface area contributed by atoms with Gasteiger partial charge in [-0.3, -0.25) is 0 Å². The second kappa shape index (κ2) is 8.11. The van der Waals surface area contributed by atoms with Gasteiger partial charge in [-0.2, -0.15) is 0 Å². The standard InChI is InChI=1S/C14H19ClFNO/c1-3-4-17-9-12-5-13(16)7-14(6-12)18-10-11(2)8-15/h5-8,17H,3-4,9-10H2,1-2H3/b11-8+. The number of halogens is 2. The lowest BCUT2D eigenvalue weighted by atomic mass is 10.2. The minimum Gasteiger partial charge on any atom is -0.489 e. The number of hydrogen-bond acceptors (Lipinski definition) is 2. The van der Waals surface area contributed by atoms with Crippen molar-refractivity contribution in [3.8, 4) is 5.75 Å². The number of hydrogen-bond donors (Lipinski definition) is 1. The maximum atomic E-state index is 13.4. The van der Waals surface area contributed by atoms with Crippen LogP contribution in [0.1, 0.15) is 25.8 Å². The largest absolute Gasteiger partial charge is 0.489 e. The third-order valence-corrected chi connectivity index (χ3v) is 2.71. The van der Waals surface area contributed by atoms with E-state index in [0.717, 1.165) is 24.1 Å². The summed E-state index contributed by atoms with van der Waals surface area (Å²) in [5.41, 5.74) is 3.24. The Kier molecular flexibility index (Phi) is 6.76. The van der Waals surface area contributed by atoms with Gasteiger partial charge in [0.25, 0.3) is 0 Å². The molecule has 0 radical (unpaired) electrons. The van der Waals surface area contributed by atoms with Crippen LogP contribution >= 0.6 is 11.6 Å². The van der Waals surface area contributed by atoms with E-state index < -0.39 is 0 Å². The summed E-state index contributed by atoms with van der Waals surface area (Å²) in [6.07, 6.45) is 1.05. The molecule has 2 nitrogen and oxygen atoms in total. The Morgan fingerprint density at radius 2 is 2.22 bits per heavy atom. The van der Waals surface area contributed by atoms with Crippen LogP contribution in [0.25, 0.3) is 0 Å². The van der Waals surface area contributed by atoms with Gasteiger partial charge >= 0.3 is 0 Å². The molecule has 0 saturated carbocycles. The van der Waals surface area contributed by atoms with Crippen LogP contribution in [0.5, 0.6) is 5.75 Å². The van der Waals surface area contributed by atoms with Crippen LogP contribution in [-0.4, -0.2) is 13.2 Å². The molecule has 0 spiro atoms. The zero-order valence-corrected chi connectivity index (χ0v) is 11.6. The van der Waals surface area contributed by atoms with Gasteiger partial charge in [0.1, 0.15) is 18.2 Å². The minimum absolute atomic E-state index is 0.284. The number of nitrogens with one attached hydrogen (secondary N) is 1. The molecule has 4 heteroatoms. The third kappa shape index (κ3) is 5.52. The van der Waals surface area contributed by atoms with Crippen LogP contribution in [0.4, 0.5) is 4.39 Å². The second-order valence-electron chi connectivity index (χ2n) is 4.22. The molecule has 0 aliphatic heterocycles. The molecule has 1 N–H and O–H groups in total. The van der Waals surface area contributed by atoms with E-state index in [1.807, 2.05) is 13.0 Å². The van der Waals surface area contributed by atoms with Crippen LogP contribution in [0.3, 0.4) is 0 Å². The third-order valence-electron chi connectivity index (χ3n) is 2.34. The maximum absolute atomic E-state index is 13.4. The van der Waals surface area contributed by atoms with Crippen LogP contribution < -0.4 is 10.1 Å². The van der Waals surface area contributed by atoms with E-state index in [2.05, 4.69) is 12.2 Å². The van der Waals surface area contributed by atoms with Gasteiger partial charge in [0.2, 0.25) is 0 Å². The molecule has 0 unspecified atom stereocenters. The molecule has 1 aromatic rings. The van der Waals surface area contributed by atoms with Crippen molar-refractivity contribution in [2.45, 2.75) is 26.8 Å². The fourth-order valence-electron chi connectivity index (χ4n) is 1.44. The first kappa shape index (κ1) is 15.0. The van der Waals surface area contributed by atoms with Crippen molar-refractivity contribution in [3.63, 3.8) is 0 Å². The van der Waals surface area contributed by atoms with Gasteiger partial charge in [-0.1, -0.05) is 18.5 Å². The number of benzene rings is 1. The normalized spacial score (nSPS) is 11.7. The van der Waals surface area contributed by atoms with Crippen molar-refractivity contribution in [1.29, 1.82) is 0 Å². The molecule has 0 amide bonds. The lowest BCUT2D eigenvalue weighted by Crippen LogP contribution is -2.14. The van der Waals surface area contributed by atoms with Crippen LogP contribution in [0.15, 0.2) is 29.3 Å². The Labute approximate surface area is 113 Å². The average molecular weight is 272 g/mol. The lowest BCUT2D eigenvalue weighted by molar-refractivity contribution is 0.349. The van der Waals surface area contributed by atoms with Gasteiger partial charge < -0.3 is 10.1 Å². The van der Waals surface area contributed by atoms with Crippen molar-refractivity contribution < 1.29 is 9.13 Å². The number of ether oxygens (including phenoxy) is 1. The quantitative estimate of drug-likeness (QED) is 0.761. The van der Waals surface area contributed by atoms with E-state index in [1.165, 1.54) is 17.7 Å². The van der Waals surface area contributed by atoms with Crippen molar-refractivity contribution >= 4 is 11.6 Å². The van der Waals surface area contributed by atoms with Gasteiger partial charge in [0.05, 0.1) is 0 Å². The van der Waals surface area contributed by atoms with Crippen LogP contribution in [0.2, 0.25) is 0 Å². The first-order valence-corrected chi connectivity index (χ1v) is 6.48. The van der Waals surface area contributed by atoms with E-state index in [1.54, 1.807) is 0 Å². The molecular weight excluding hydrogens is 253 g/mol. The number of rotatable bonds is 7. The summed E-state index contributed by atoms with van der Waals surface area (Å²) in [5.74, 6) is 0.245. The van der Waals surface area contributed by atoms with E-state index in [4.69, 9.17) is 16.3 Å². The molecule has 18 heavy (non-hydrogen) atoms. The van der Waals surface area contributed by atoms with E-state index in [-0.39, 0.29) is 5.82 Å². The SMILES string of the molecule is CCCNCc1cc(F)cc(OC/C(C)=C/Cl)c1. The Hall–Kier alpha value is -1.06. The summed E-state index contributed by atoms with van der Waals surface area (Å²) in [4.78, 5) is 0. The Morgan fingerprint density at radius 1 is 1.44 bits per heavy atom. The summed E-state index contributed by atoms with van der Waals surface area (Å²) in [6, 6.07) is 4.73. The topological polar surface area (TPSA) is 21.3 Å². The van der Waals surface area contributed by atoms with E-state index in [9.17, 15) is 4.39 Å². The van der Waals surface area contributed by atoms with Gasteiger partial charge in [-0.15, -0.1) is 0 Å². The summed E-state index contributed by atoms with van der Waals surface area (Å²) in [5, 5.41) is 3.23. The predicted molar refractivity (Wildman–Crippen MR) is 73.5 cm³/mol. The molecule has 0 aliphatic rings. The zero-order chi connectivity index (χ0) is 13.4. The smallest absolute Gasteiger partial charge is 0.127 e. The van der Waals surface area contributed by atoms with Crippen molar-refractivity contribution in [3.05, 3.63) is 40.7 Å². The Morgan fingerprint density at radius 3 is 2.89 bits per heavy atom. The highest BCUT2D eigenvalue weighted by molar-refractivity contribution is 6.25. The molecule has 0 fully saturated rings. The summed E-state index contributed by atoms with van der Waals surface area (Å²) < 4.78 is 18.9. The molecule has 0 atom stereocenters. The lowest BCUT2D eigenvalue weighted by Gasteiger charge is -2.09. The van der Waals surface area contributed by atoms with Crippen molar-refractivity contribution in [2.75, 3.05) is 13.2 Å². The van der Waals surface area contributed by atoms with Gasteiger partial charge in [-0.25, -0.2) is 4.39 Å². The van der Waals surface area contributed by atoms with E-state index >= 15 is 0 Å². The summed E-state index contributed by atoms with van der Waals surface area (Å²) >= 11 is 5.54. The molecule has 1 rings (SSSR count). The zero-order valence-electron chi connectivity index (χ0n) is 10.8. The molecule has 100 valence electrons. The molecule has 0 heterocycles. The van der Waals surface area contributed by atoms with Crippen LogP contribution in [-0.2, 0) is 6.54 Å². The first-order valence-electron chi connectivity index (χ1n) is 6.04. The van der Waals surface area contributed by atoms with Crippen molar-refractivity contribution in [2.24, 2.45) is 0 Å². The summed E-state index contributed by atoms with van der Waals surface area (Å²) in [6.45, 7) is 5.88. The van der Waals surface area contributed by atoms with Crippen LogP contribution in [0, 0.1) is 5.82 Å². The molecule has 0 aliphatic carbocycles. The molecule has 1 aromatic carbocycles.